The monoisotopic (exact) mass is 204 g/mol. The summed E-state index contributed by atoms with van der Waals surface area (Å²) >= 11 is 0. The van der Waals surface area contributed by atoms with Gasteiger partial charge in [-0.05, 0) is 38.4 Å². The van der Waals surface area contributed by atoms with Crippen molar-refractivity contribution in [3.8, 4) is 0 Å². The van der Waals surface area contributed by atoms with Gasteiger partial charge in [-0.25, -0.2) is 0 Å². The van der Waals surface area contributed by atoms with Crippen LogP contribution in [-0.4, -0.2) is 6.54 Å². The van der Waals surface area contributed by atoms with Crippen molar-refractivity contribution in [2.75, 3.05) is 6.54 Å². The van der Waals surface area contributed by atoms with Crippen molar-refractivity contribution in [1.82, 2.24) is 0 Å². The third-order valence-corrected chi connectivity index (χ3v) is 2.03. The van der Waals surface area contributed by atoms with E-state index in [2.05, 4.69) is 0 Å². The molecule has 1 aromatic heterocycles. The molecule has 0 bridgehead atoms. The van der Waals surface area contributed by atoms with Gasteiger partial charge in [-0.3, -0.25) is 0 Å². The van der Waals surface area contributed by atoms with Crippen LogP contribution in [0.5, 0.6) is 0 Å². The van der Waals surface area contributed by atoms with Crippen LogP contribution in [0.3, 0.4) is 0 Å². The van der Waals surface area contributed by atoms with E-state index in [-0.39, 0.29) is 18.4 Å². The maximum atomic E-state index is 5.81. The summed E-state index contributed by atoms with van der Waals surface area (Å²) in [7, 11) is 0. The first kappa shape index (κ1) is 12.5. The Kier molecular flexibility index (Phi) is 5.06. The maximum absolute atomic E-state index is 5.81. The molecule has 4 N–H and O–H groups in total. The molecule has 13 heavy (non-hydrogen) atoms. The molecule has 3 nitrogen and oxygen atoms in total. The maximum Gasteiger partial charge on any atom is 0.121 e. The molecule has 0 fully saturated rings. The van der Waals surface area contributed by atoms with E-state index in [1.165, 1.54) is 0 Å². The number of hydrogen-bond acceptors (Lipinski definition) is 3. The topological polar surface area (TPSA) is 65.2 Å². The van der Waals surface area contributed by atoms with Crippen LogP contribution in [-0.2, 0) is 0 Å². The van der Waals surface area contributed by atoms with Gasteiger partial charge in [0.2, 0.25) is 0 Å². The van der Waals surface area contributed by atoms with E-state index in [0.717, 1.165) is 23.5 Å². The highest BCUT2D eigenvalue weighted by molar-refractivity contribution is 5.85. The Balaban J connectivity index is 0.00000144. The zero-order valence-electron chi connectivity index (χ0n) is 8.04. The van der Waals surface area contributed by atoms with E-state index >= 15 is 0 Å². The standard InChI is InChI=1S/C9H16N2O.ClH/c1-6-5-9(12-7(6)2)8(11)3-4-10;/h5,8H,3-4,10-11H2,1-2H3;1H/t8-;/m1./s1. The van der Waals surface area contributed by atoms with Gasteiger partial charge in [0.25, 0.3) is 0 Å². The number of rotatable bonds is 3. The van der Waals surface area contributed by atoms with Crippen LogP contribution in [0.2, 0.25) is 0 Å². The van der Waals surface area contributed by atoms with Gasteiger partial charge < -0.3 is 15.9 Å². The molecule has 0 amide bonds. The fraction of sp³-hybridized carbons (Fsp3) is 0.556. The van der Waals surface area contributed by atoms with Crippen LogP contribution < -0.4 is 11.5 Å². The molecule has 1 atom stereocenters. The molecule has 0 aliphatic rings. The predicted molar refractivity (Wildman–Crippen MR) is 56.0 cm³/mol. The summed E-state index contributed by atoms with van der Waals surface area (Å²) in [5.41, 5.74) is 12.4. The Morgan fingerprint density at radius 3 is 2.46 bits per heavy atom. The third-order valence-electron chi connectivity index (χ3n) is 2.03. The molecule has 0 aliphatic heterocycles. The average Bonchev–Trinajstić information content (AvgIpc) is 2.33. The van der Waals surface area contributed by atoms with Crippen LogP contribution in [0.25, 0.3) is 0 Å². The summed E-state index contributed by atoms with van der Waals surface area (Å²) in [5.74, 6) is 1.79. The Bertz CT molecular complexity index is 241. The van der Waals surface area contributed by atoms with E-state index in [4.69, 9.17) is 15.9 Å². The smallest absolute Gasteiger partial charge is 0.121 e. The van der Waals surface area contributed by atoms with Crippen molar-refractivity contribution < 1.29 is 4.42 Å². The highest BCUT2D eigenvalue weighted by Gasteiger charge is 2.10. The fourth-order valence-electron chi connectivity index (χ4n) is 1.11. The number of nitrogens with two attached hydrogens (primary N) is 2. The molecule has 4 heteroatoms. The highest BCUT2D eigenvalue weighted by Crippen LogP contribution is 2.19. The van der Waals surface area contributed by atoms with Gasteiger partial charge in [0.1, 0.15) is 11.5 Å². The van der Waals surface area contributed by atoms with Gasteiger partial charge in [-0.15, -0.1) is 12.4 Å². The molecule has 0 aliphatic carbocycles. The van der Waals surface area contributed by atoms with Crippen molar-refractivity contribution in [3.63, 3.8) is 0 Å². The molecule has 1 aromatic rings. The number of aryl methyl sites for hydroxylation is 2. The summed E-state index contributed by atoms with van der Waals surface area (Å²) in [6, 6.07) is 1.93. The molecule has 0 saturated carbocycles. The molecule has 0 unspecified atom stereocenters. The summed E-state index contributed by atoms with van der Waals surface area (Å²) in [5, 5.41) is 0. The number of halogens is 1. The zero-order valence-corrected chi connectivity index (χ0v) is 8.86. The van der Waals surface area contributed by atoms with Crippen molar-refractivity contribution in [3.05, 3.63) is 23.2 Å². The minimum absolute atomic E-state index is 0. The van der Waals surface area contributed by atoms with Crippen molar-refractivity contribution in [2.45, 2.75) is 26.3 Å². The van der Waals surface area contributed by atoms with Gasteiger partial charge in [-0.2, -0.15) is 0 Å². The number of furan rings is 1. The summed E-state index contributed by atoms with van der Waals surface area (Å²) in [6.07, 6.45) is 0.770. The van der Waals surface area contributed by atoms with E-state index in [1.54, 1.807) is 0 Å². The Labute approximate surface area is 84.9 Å². The van der Waals surface area contributed by atoms with Crippen molar-refractivity contribution >= 4 is 12.4 Å². The lowest BCUT2D eigenvalue weighted by molar-refractivity contribution is 0.436. The molecule has 1 heterocycles. The fourth-order valence-corrected chi connectivity index (χ4v) is 1.11. The lowest BCUT2D eigenvalue weighted by Gasteiger charge is -2.05. The largest absolute Gasteiger partial charge is 0.464 e. The van der Waals surface area contributed by atoms with E-state index in [9.17, 15) is 0 Å². The zero-order chi connectivity index (χ0) is 9.14. The average molecular weight is 205 g/mol. The minimum atomic E-state index is -0.0533. The second-order valence-corrected chi connectivity index (χ2v) is 3.07. The molecule has 0 aromatic carbocycles. The lowest BCUT2D eigenvalue weighted by Crippen LogP contribution is -2.14. The second kappa shape index (κ2) is 5.27. The van der Waals surface area contributed by atoms with Crippen molar-refractivity contribution in [2.24, 2.45) is 11.5 Å². The van der Waals surface area contributed by atoms with Crippen LogP contribution >= 0.6 is 12.4 Å². The Morgan fingerprint density at radius 2 is 2.08 bits per heavy atom. The minimum Gasteiger partial charge on any atom is -0.464 e. The lowest BCUT2D eigenvalue weighted by atomic mass is 10.1. The molecular weight excluding hydrogens is 188 g/mol. The molecule has 0 spiro atoms. The van der Waals surface area contributed by atoms with Crippen molar-refractivity contribution in [1.29, 1.82) is 0 Å². The van der Waals surface area contributed by atoms with Gasteiger partial charge in [-0.1, -0.05) is 0 Å². The first-order valence-electron chi connectivity index (χ1n) is 4.17. The van der Waals surface area contributed by atoms with Crippen LogP contribution in [0.1, 0.15) is 29.5 Å². The van der Waals surface area contributed by atoms with Crippen LogP contribution in [0.15, 0.2) is 10.5 Å². The highest BCUT2D eigenvalue weighted by atomic mass is 35.5. The third kappa shape index (κ3) is 3.03. The summed E-state index contributed by atoms with van der Waals surface area (Å²) < 4.78 is 5.45. The van der Waals surface area contributed by atoms with Gasteiger partial charge in [0.15, 0.2) is 0 Å². The molecule has 0 saturated heterocycles. The normalized spacial score (nSPS) is 12.3. The summed E-state index contributed by atoms with van der Waals surface area (Å²) in [6.45, 7) is 4.55. The molecular formula is C9H17ClN2O. The summed E-state index contributed by atoms with van der Waals surface area (Å²) in [4.78, 5) is 0. The first-order valence-corrected chi connectivity index (χ1v) is 4.17. The van der Waals surface area contributed by atoms with Gasteiger partial charge in [0, 0.05) is 0 Å². The SMILES string of the molecule is Cc1cc([C@H](N)CCN)oc1C.Cl. The van der Waals surface area contributed by atoms with Gasteiger partial charge in [0.05, 0.1) is 6.04 Å². The second-order valence-electron chi connectivity index (χ2n) is 3.07. The molecule has 0 radical (unpaired) electrons. The Morgan fingerprint density at radius 1 is 1.46 bits per heavy atom. The van der Waals surface area contributed by atoms with E-state index < -0.39 is 0 Å². The predicted octanol–water partition coefficient (Wildman–Crippen LogP) is 1.67. The van der Waals surface area contributed by atoms with Crippen LogP contribution in [0, 0.1) is 13.8 Å². The quantitative estimate of drug-likeness (QED) is 0.787. The Hall–Kier alpha value is -0.510. The van der Waals surface area contributed by atoms with E-state index in [1.807, 2.05) is 19.9 Å². The number of hydrogen-bond donors (Lipinski definition) is 2. The molecule has 1 rings (SSSR count). The van der Waals surface area contributed by atoms with Crippen LogP contribution in [0.4, 0.5) is 0 Å². The van der Waals surface area contributed by atoms with Gasteiger partial charge >= 0.3 is 0 Å². The van der Waals surface area contributed by atoms with E-state index in [0.29, 0.717) is 6.54 Å². The molecule has 76 valence electrons. The first-order chi connectivity index (χ1) is 5.65.